The molecule has 1 N–H and O–H groups in total. The Labute approximate surface area is 38.5 Å². The minimum Gasteiger partial charge on any atom is -0.398 e. The molecule has 1 rings (SSSR count). The van der Waals surface area contributed by atoms with Crippen LogP contribution in [0.3, 0.4) is 0 Å². The van der Waals surface area contributed by atoms with Gasteiger partial charge in [0.2, 0.25) is 0 Å². The first-order chi connectivity index (χ1) is 3.30. The van der Waals surface area contributed by atoms with Crippen LogP contribution in [0.1, 0.15) is 0 Å². The molecule has 0 saturated heterocycles. The zero-order valence-corrected chi connectivity index (χ0v) is 3.37. The molecule has 38 valence electrons. The predicted molar refractivity (Wildman–Crippen MR) is 20.2 cm³/mol. The van der Waals surface area contributed by atoms with Gasteiger partial charge in [-0.15, -0.1) is 0 Å². The van der Waals surface area contributed by atoms with Crippen LogP contribution in [0.5, 0.6) is 0 Å². The molecule has 4 heteroatoms. The fourth-order valence-corrected chi connectivity index (χ4v) is 0.262. The number of aromatic nitrogens is 1. The molecule has 0 aliphatic rings. The van der Waals surface area contributed by atoms with Gasteiger partial charge >= 0.3 is 5.56 Å². The van der Waals surface area contributed by atoms with Gasteiger partial charge in [0.05, 0.1) is 0 Å². The molecule has 4 nitrogen and oxygen atoms in total. The molecule has 0 fully saturated rings. The van der Waals surface area contributed by atoms with Crippen LogP contribution in [-0.4, -0.2) is 10.1 Å². The second-order valence-corrected chi connectivity index (χ2v) is 1.02. The first-order valence-electron chi connectivity index (χ1n) is 1.67. The molecule has 0 saturated carbocycles. The summed E-state index contributed by atoms with van der Waals surface area (Å²) in [6.07, 6.45) is 1.10. The van der Waals surface area contributed by atoms with Crippen molar-refractivity contribution < 1.29 is 9.73 Å². The lowest BCUT2D eigenvalue weighted by atomic mass is 10.8. The van der Waals surface area contributed by atoms with Gasteiger partial charge in [-0.1, -0.05) is 0 Å². The summed E-state index contributed by atoms with van der Waals surface area (Å²) in [4.78, 5) is 10.2. The van der Waals surface area contributed by atoms with Gasteiger partial charge in [-0.25, -0.2) is 0 Å². The smallest absolute Gasteiger partial charge is 0.322 e. The lowest BCUT2D eigenvalue weighted by Gasteiger charge is -1.76. The number of rotatable bonds is 0. The van der Waals surface area contributed by atoms with E-state index in [0.717, 1.165) is 12.3 Å². The molecule has 0 unspecified atom stereocenters. The maximum atomic E-state index is 10.0. The Morgan fingerprint density at radius 3 is 2.71 bits per heavy atom. The van der Waals surface area contributed by atoms with Crippen molar-refractivity contribution in [3.63, 3.8) is 0 Å². The topological polar surface area (TPSA) is 55.4 Å². The van der Waals surface area contributed by atoms with E-state index >= 15 is 0 Å². The monoisotopic (exact) mass is 101 g/mol. The average molecular weight is 101 g/mol. The van der Waals surface area contributed by atoms with Gasteiger partial charge in [0.1, 0.15) is 6.26 Å². The highest BCUT2D eigenvalue weighted by Crippen LogP contribution is 1.70. The van der Waals surface area contributed by atoms with Crippen molar-refractivity contribution in [1.29, 1.82) is 0 Å². The maximum absolute atomic E-state index is 10.0. The number of nitrogens with zero attached hydrogens (tertiary/aromatic N) is 1. The highest BCUT2D eigenvalue weighted by molar-refractivity contribution is 4.72. The zero-order chi connectivity index (χ0) is 5.28. The van der Waals surface area contributed by atoms with Crippen LogP contribution in [0.15, 0.2) is 21.6 Å². The van der Waals surface area contributed by atoms with Gasteiger partial charge in [0, 0.05) is 11.0 Å². The molecule has 0 amide bonds. The molecule has 0 bridgehead atoms. The van der Waals surface area contributed by atoms with Crippen LogP contribution in [-0.2, 0) is 0 Å². The molecule has 1 aromatic heterocycles. The summed E-state index contributed by atoms with van der Waals surface area (Å²) in [5.74, 6) is 0. The van der Waals surface area contributed by atoms with Crippen molar-refractivity contribution >= 4 is 0 Å². The minimum atomic E-state index is -0.556. The van der Waals surface area contributed by atoms with Crippen LogP contribution in [0, 0.1) is 0 Å². The van der Waals surface area contributed by atoms with Gasteiger partial charge < -0.3 is 9.73 Å². The van der Waals surface area contributed by atoms with Crippen molar-refractivity contribution in [2.24, 2.45) is 0 Å². The highest BCUT2D eigenvalue weighted by Gasteiger charge is 1.87. The minimum absolute atomic E-state index is 0.153. The molecule has 0 aliphatic heterocycles. The third kappa shape index (κ3) is 0.489. The van der Waals surface area contributed by atoms with E-state index in [1.807, 2.05) is 0 Å². The van der Waals surface area contributed by atoms with Crippen molar-refractivity contribution in [3.8, 4) is 0 Å². The molecule has 0 spiro atoms. The summed E-state index contributed by atoms with van der Waals surface area (Å²) in [6, 6.07) is 1.11. The molecule has 0 aromatic carbocycles. The molecule has 0 radical (unpaired) electrons. The van der Waals surface area contributed by atoms with Gasteiger partial charge in [0.25, 0.3) is 0 Å². The van der Waals surface area contributed by atoms with Crippen LogP contribution in [0.2, 0.25) is 0 Å². The molecule has 0 aliphatic carbocycles. The number of hydrogen-bond acceptors (Lipinski definition) is 3. The van der Waals surface area contributed by atoms with E-state index < -0.39 is 5.56 Å². The lowest BCUT2D eigenvalue weighted by Crippen LogP contribution is -2.08. The van der Waals surface area contributed by atoms with Crippen LogP contribution in [0.4, 0.5) is 0 Å². The van der Waals surface area contributed by atoms with Crippen molar-refractivity contribution in [1.82, 2.24) is 4.90 Å². The Morgan fingerprint density at radius 2 is 2.57 bits per heavy atom. The third-order valence-electron chi connectivity index (χ3n) is 0.560. The largest absolute Gasteiger partial charge is 0.398 e. The molecular formula is C3H3NO3. The van der Waals surface area contributed by atoms with Gasteiger partial charge in [-0.05, 0) is 0 Å². The Bertz CT molecular complexity index is 198. The fraction of sp³-hybridized carbons (Fsp3) is 0. The van der Waals surface area contributed by atoms with Gasteiger partial charge in [-0.2, -0.15) is 0 Å². The predicted octanol–water partition coefficient (Wildman–Crippen LogP) is -0.321. The van der Waals surface area contributed by atoms with E-state index in [1.54, 1.807) is 0 Å². The second kappa shape index (κ2) is 1.14. The third-order valence-corrected chi connectivity index (χ3v) is 0.560. The average Bonchev–Trinajstić information content (AvgIpc) is 1.91. The van der Waals surface area contributed by atoms with Crippen LogP contribution in [0.25, 0.3) is 0 Å². The highest BCUT2D eigenvalue weighted by atomic mass is 16.7. The molecule has 1 heterocycles. The van der Waals surface area contributed by atoms with Crippen molar-refractivity contribution in [2.75, 3.05) is 0 Å². The van der Waals surface area contributed by atoms with E-state index in [9.17, 15) is 4.79 Å². The lowest BCUT2D eigenvalue weighted by molar-refractivity contribution is 0.00285. The van der Waals surface area contributed by atoms with Crippen molar-refractivity contribution in [2.45, 2.75) is 0 Å². The molecule has 7 heavy (non-hydrogen) atoms. The van der Waals surface area contributed by atoms with Gasteiger partial charge in [-0.3, -0.25) is 4.79 Å². The fourth-order valence-electron chi connectivity index (χ4n) is 0.262. The Hall–Kier alpha value is -1.19. The molecular weight excluding hydrogens is 98.0 g/mol. The van der Waals surface area contributed by atoms with E-state index in [0.29, 0.717) is 0 Å². The normalized spacial score (nSPS) is 9.14. The van der Waals surface area contributed by atoms with Gasteiger partial charge in [0.15, 0.2) is 0 Å². The standard InChI is InChI=1S/C3H3NO3/c5-3-1-2-7-4(3)6/h1-2,6H. The Kier molecular flexibility index (Phi) is 0.651. The zero-order valence-electron chi connectivity index (χ0n) is 3.37. The van der Waals surface area contributed by atoms with E-state index in [1.165, 1.54) is 0 Å². The molecule has 0 atom stereocenters. The summed E-state index contributed by atoms with van der Waals surface area (Å²) in [5.41, 5.74) is -0.556. The first-order valence-corrected chi connectivity index (χ1v) is 1.67. The van der Waals surface area contributed by atoms with Crippen LogP contribution >= 0.6 is 0 Å². The summed E-state index contributed by atoms with van der Waals surface area (Å²) in [7, 11) is 0. The molecule has 1 aromatic rings. The second-order valence-electron chi connectivity index (χ2n) is 1.02. The summed E-state index contributed by atoms with van der Waals surface area (Å²) in [5, 5.41) is 8.20. The van der Waals surface area contributed by atoms with Crippen LogP contribution < -0.4 is 5.56 Å². The van der Waals surface area contributed by atoms with Crippen molar-refractivity contribution in [3.05, 3.63) is 22.7 Å². The Morgan fingerprint density at radius 1 is 1.86 bits per heavy atom. The van der Waals surface area contributed by atoms with E-state index in [4.69, 9.17) is 5.21 Å². The number of hydrogen-bond donors (Lipinski definition) is 1. The summed E-state index contributed by atoms with van der Waals surface area (Å²) in [6.45, 7) is 0. The quantitative estimate of drug-likeness (QED) is 0.455. The summed E-state index contributed by atoms with van der Waals surface area (Å²) >= 11 is 0. The van der Waals surface area contributed by atoms with E-state index in [-0.39, 0.29) is 4.90 Å². The summed E-state index contributed by atoms with van der Waals surface area (Å²) < 4.78 is 4.12. The SMILES string of the molecule is O=c1ccon1O. The first kappa shape index (κ1) is 3.98. The maximum Gasteiger partial charge on any atom is 0.322 e. The van der Waals surface area contributed by atoms with E-state index in [2.05, 4.69) is 4.52 Å². The Balaban J connectivity index is 3.39.